The van der Waals surface area contributed by atoms with Crippen LogP contribution in [0.4, 0.5) is 13.9 Å². The second kappa shape index (κ2) is 9.23. The van der Waals surface area contributed by atoms with Crippen LogP contribution in [-0.4, -0.2) is 47.9 Å². The molecule has 2 aliphatic rings. The Balaban J connectivity index is 1.50. The van der Waals surface area contributed by atoms with Crippen LogP contribution in [0.2, 0.25) is 0 Å². The zero-order valence-electron chi connectivity index (χ0n) is 18.5. The molecule has 2 aromatic heterocycles. The average Bonchev–Trinajstić information content (AvgIpc) is 3.49. The van der Waals surface area contributed by atoms with Crippen LogP contribution in [0, 0.1) is 11.7 Å². The Kier molecular flexibility index (Phi) is 6.30. The summed E-state index contributed by atoms with van der Waals surface area (Å²) in [5, 5.41) is 6.07. The minimum atomic E-state index is -4.18. The fourth-order valence-corrected chi connectivity index (χ4v) is 6.80. The number of ether oxygens (including phenoxy) is 1. The van der Waals surface area contributed by atoms with Crippen molar-refractivity contribution < 1.29 is 21.9 Å². The molecule has 34 heavy (non-hydrogen) atoms. The number of halogens is 2. The third-order valence-electron chi connectivity index (χ3n) is 6.59. The van der Waals surface area contributed by atoms with Crippen molar-refractivity contribution in [2.45, 2.75) is 36.2 Å². The number of nitrogens with one attached hydrogen (secondary N) is 1. The van der Waals surface area contributed by atoms with Crippen LogP contribution in [0.25, 0.3) is 0 Å². The van der Waals surface area contributed by atoms with Gasteiger partial charge < -0.3 is 4.74 Å². The molecule has 3 aromatic rings. The Labute approximate surface area is 200 Å². The maximum Gasteiger partial charge on any atom is 0.266 e. The van der Waals surface area contributed by atoms with Gasteiger partial charge >= 0.3 is 0 Å². The van der Waals surface area contributed by atoms with Crippen LogP contribution in [0.5, 0.6) is 5.75 Å². The van der Waals surface area contributed by atoms with Gasteiger partial charge in [0, 0.05) is 48.9 Å². The summed E-state index contributed by atoms with van der Waals surface area (Å²) in [6, 6.07) is 4.16. The lowest BCUT2D eigenvalue weighted by molar-refractivity contribution is 0.0356. The molecule has 0 spiro atoms. The molecular formula is C22H25F2N5O3S2. The van der Waals surface area contributed by atoms with Gasteiger partial charge in [-0.2, -0.15) is 5.10 Å². The van der Waals surface area contributed by atoms with Gasteiger partial charge in [0.2, 0.25) is 0 Å². The van der Waals surface area contributed by atoms with E-state index in [-0.39, 0.29) is 29.8 Å². The van der Waals surface area contributed by atoms with Crippen molar-refractivity contribution in [2.75, 3.05) is 24.5 Å². The van der Waals surface area contributed by atoms with Crippen LogP contribution in [0.15, 0.2) is 40.9 Å². The summed E-state index contributed by atoms with van der Waals surface area (Å²) in [5.41, 5.74) is 1.57. The normalized spacial score (nSPS) is 23.3. The van der Waals surface area contributed by atoms with Gasteiger partial charge in [0.15, 0.2) is 5.13 Å². The number of fused-ring (bicyclic) bond motifs is 1. The largest absolute Gasteiger partial charge is 0.493 e. The molecule has 0 radical (unpaired) electrons. The number of aromatic nitrogens is 3. The molecule has 1 N–H and O–H groups in total. The van der Waals surface area contributed by atoms with Gasteiger partial charge in [-0.25, -0.2) is 17.8 Å². The number of benzene rings is 1. The molecule has 8 nitrogen and oxygen atoms in total. The molecule has 0 amide bonds. The molecular weight excluding hydrogens is 484 g/mol. The first-order valence-corrected chi connectivity index (χ1v) is 13.4. The number of alkyl halides is 1. The molecule has 1 saturated heterocycles. The lowest BCUT2D eigenvalue weighted by Crippen LogP contribution is -2.42. The number of nitrogens with zero attached hydrogens (tertiary/aromatic N) is 4. The number of hydrogen-bond acceptors (Lipinski definition) is 7. The molecule has 4 heterocycles. The molecule has 3 atom stereocenters. The Bertz CT molecular complexity index is 1270. The highest BCUT2D eigenvalue weighted by atomic mass is 32.2. The van der Waals surface area contributed by atoms with Crippen LogP contribution in [0.1, 0.15) is 42.6 Å². The Morgan fingerprint density at radius 3 is 2.82 bits per heavy atom. The quantitative estimate of drug-likeness (QED) is 0.539. The minimum Gasteiger partial charge on any atom is -0.493 e. The van der Waals surface area contributed by atoms with Gasteiger partial charge in [0.05, 0.1) is 25.0 Å². The van der Waals surface area contributed by atoms with Crippen LogP contribution in [0.3, 0.4) is 0 Å². The summed E-state index contributed by atoms with van der Waals surface area (Å²) in [4.78, 5) is 5.68. The third-order valence-corrected chi connectivity index (χ3v) is 8.76. The van der Waals surface area contributed by atoms with Crippen molar-refractivity contribution in [1.29, 1.82) is 0 Å². The SMILES string of the molecule is Cn1nccc1[C@@H]1C[C@H](CF)CCN1[C@@H]1CCOc2cc(S(=O)(=O)Nc3nccs3)c(F)cc21. The topological polar surface area (TPSA) is 89.4 Å². The molecule has 0 unspecified atom stereocenters. The molecule has 12 heteroatoms. The number of likely N-dealkylation sites (tertiary alicyclic amines) is 1. The first-order valence-electron chi connectivity index (χ1n) is 11.1. The highest BCUT2D eigenvalue weighted by Gasteiger charge is 2.39. The zero-order valence-corrected chi connectivity index (χ0v) is 20.2. The second-order valence-electron chi connectivity index (χ2n) is 8.59. The highest BCUT2D eigenvalue weighted by Crippen LogP contribution is 2.45. The van der Waals surface area contributed by atoms with E-state index in [1.807, 2.05) is 13.1 Å². The maximum absolute atomic E-state index is 15.2. The monoisotopic (exact) mass is 509 g/mol. The van der Waals surface area contributed by atoms with Crippen molar-refractivity contribution in [3.8, 4) is 5.75 Å². The standard InChI is InChI=1S/C22H25F2N5O3S2/c1-28-18(2-5-26-28)19-10-14(13-23)3-7-29(19)17-4-8-32-20-12-21(16(24)11-15(17)20)34(30,31)27-22-25-6-9-33-22/h2,5-6,9,11-12,14,17,19H,3-4,7-8,10,13H2,1H3,(H,25,27)/t14-,17-,19+/m1/s1. The Morgan fingerprint density at radius 2 is 2.12 bits per heavy atom. The Morgan fingerprint density at radius 1 is 1.26 bits per heavy atom. The van der Waals surface area contributed by atoms with Gasteiger partial charge in [-0.15, -0.1) is 11.3 Å². The van der Waals surface area contributed by atoms with Crippen LogP contribution in [-0.2, 0) is 17.1 Å². The lowest BCUT2D eigenvalue weighted by atomic mass is 9.86. The van der Waals surface area contributed by atoms with Crippen molar-refractivity contribution in [2.24, 2.45) is 13.0 Å². The van der Waals surface area contributed by atoms with Crippen LogP contribution >= 0.6 is 11.3 Å². The van der Waals surface area contributed by atoms with Gasteiger partial charge in [0.1, 0.15) is 16.5 Å². The summed E-state index contributed by atoms with van der Waals surface area (Å²) in [7, 11) is -2.32. The predicted molar refractivity (Wildman–Crippen MR) is 124 cm³/mol. The fraction of sp³-hybridized carbons (Fsp3) is 0.455. The number of thiazole rings is 1. The predicted octanol–water partition coefficient (Wildman–Crippen LogP) is 4.06. The fourth-order valence-electron chi connectivity index (χ4n) is 4.94. The van der Waals surface area contributed by atoms with E-state index in [1.54, 1.807) is 16.3 Å². The first kappa shape index (κ1) is 23.2. The van der Waals surface area contributed by atoms with E-state index in [2.05, 4.69) is 19.7 Å². The highest BCUT2D eigenvalue weighted by molar-refractivity contribution is 7.93. The van der Waals surface area contributed by atoms with E-state index < -0.39 is 20.7 Å². The van der Waals surface area contributed by atoms with Gasteiger partial charge in [-0.1, -0.05) is 0 Å². The number of aryl methyl sites for hydroxylation is 1. The number of piperidine rings is 1. The maximum atomic E-state index is 15.2. The van der Waals surface area contributed by atoms with Crippen molar-refractivity contribution in [3.05, 3.63) is 53.0 Å². The summed E-state index contributed by atoms with van der Waals surface area (Å²) >= 11 is 1.10. The number of hydrogen-bond donors (Lipinski definition) is 1. The van der Waals surface area contributed by atoms with Gasteiger partial charge in [0.25, 0.3) is 10.0 Å². The van der Waals surface area contributed by atoms with E-state index in [0.717, 1.165) is 17.0 Å². The number of rotatable bonds is 6. The van der Waals surface area contributed by atoms with Crippen molar-refractivity contribution >= 4 is 26.5 Å². The molecule has 0 bridgehead atoms. The average molecular weight is 510 g/mol. The van der Waals surface area contributed by atoms with E-state index in [4.69, 9.17) is 4.74 Å². The second-order valence-corrected chi connectivity index (χ2v) is 11.1. The molecule has 0 saturated carbocycles. The van der Waals surface area contributed by atoms with Crippen molar-refractivity contribution in [3.63, 3.8) is 0 Å². The molecule has 0 aliphatic carbocycles. The molecule has 182 valence electrons. The zero-order chi connectivity index (χ0) is 23.9. The molecule has 2 aliphatic heterocycles. The third kappa shape index (κ3) is 4.29. The smallest absolute Gasteiger partial charge is 0.266 e. The van der Waals surface area contributed by atoms with Gasteiger partial charge in [-0.3, -0.25) is 18.7 Å². The van der Waals surface area contributed by atoms with E-state index in [1.165, 1.54) is 18.3 Å². The van der Waals surface area contributed by atoms with E-state index >= 15 is 4.39 Å². The Hall–Kier alpha value is -2.57. The summed E-state index contributed by atoms with van der Waals surface area (Å²) in [6.45, 7) is 0.625. The molecule has 1 fully saturated rings. The van der Waals surface area contributed by atoms with Crippen molar-refractivity contribution in [1.82, 2.24) is 19.7 Å². The van der Waals surface area contributed by atoms with Crippen LogP contribution < -0.4 is 9.46 Å². The molecule has 1 aromatic carbocycles. The summed E-state index contributed by atoms with van der Waals surface area (Å²) < 4.78 is 64.3. The minimum absolute atomic E-state index is 0.0448. The summed E-state index contributed by atoms with van der Waals surface area (Å²) in [5.74, 6) is -0.556. The van der Waals surface area contributed by atoms with E-state index in [9.17, 15) is 12.8 Å². The van der Waals surface area contributed by atoms with E-state index in [0.29, 0.717) is 43.7 Å². The number of anilines is 1. The number of sulfonamides is 1. The lowest BCUT2D eigenvalue weighted by Gasteiger charge is -2.45. The van der Waals surface area contributed by atoms with Gasteiger partial charge in [-0.05, 0) is 37.4 Å². The summed E-state index contributed by atoms with van der Waals surface area (Å²) in [6.07, 6.45) is 5.13. The first-order chi connectivity index (χ1) is 16.4. The molecule has 5 rings (SSSR count).